The number of nitrogens with two attached hydrogens (primary N) is 1. The van der Waals surface area contributed by atoms with Crippen molar-refractivity contribution >= 4 is 27.5 Å². The summed E-state index contributed by atoms with van der Waals surface area (Å²) in [4.78, 5) is 11.8. The monoisotopic (exact) mass is 284 g/mol. The minimum absolute atomic E-state index is 0.0835. The molecule has 0 aliphatic carbocycles. The molecule has 1 aromatic rings. The Morgan fingerprint density at radius 2 is 2.19 bits per heavy atom. The van der Waals surface area contributed by atoms with E-state index in [1.165, 1.54) is 0 Å². The van der Waals surface area contributed by atoms with Gasteiger partial charge in [0.05, 0.1) is 5.56 Å². The average molecular weight is 285 g/mol. The summed E-state index contributed by atoms with van der Waals surface area (Å²) < 4.78 is 0.767. The maximum atomic E-state index is 11.8. The molecule has 0 aliphatic rings. The first-order valence-corrected chi connectivity index (χ1v) is 6.13. The molecule has 0 radical (unpaired) electrons. The van der Waals surface area contributed by atoms with E-state index in [0.717, 1.165) is 10.9 Å². The molecule has 0 aliphatic heterocycles. The molecule has 0 saturated heterocycles. The number of anilines is 1. The van der Waals surface area contributed by atoms with E-state index in [1.807, 2.05) is 0 Å². The zero-order valence-corrected chi connectivity index (χ0v) is 11.2. The summed E-state index contributed by atoms with van der Waals surface area (Å²) in [5.74, 6) is 0.504. The van der Waals surface area contributed by atoms with Crippen molar-refractivity contribution in [3.05, 3.63) is 28.2 Å². The second kappa shape index (κ2) is 5.89. The number of rotatable bonds is 4. The standard InChI is InChI=1S/C12H17BrN2O/c1-8(2)5-6-15-12(16)10-7-9(14)3-4-11(10)13/h3-4,7-8H,5-6,14H2,1-2H3,(H,15,16). The van der Waals surface area contributed by atoms with Crippen LogP contribution < -0.4 is 11.1 Å². The van der Waals surface area contributed by atoms with Gasteiger partial charge in [-0.1, -0.05) is 13.8 Å². The molecule has 3 N–H and O–H groups in total. The van der Waals surface area contributed by atoms with Crippen LogP contribution in [0.2, 0.25) is 0 Å². The molecule has 0 unspecified atom stereocenters. The topological polar surface area (TPSA) is 55.1 Å². The Bertz CT molecular complexity index is 377. The van der Waals surface area contributed by atoms with Crippen molar-refractivity contribution in [2.75, 3.05) is 12.3 Å². The highest BCUT2D eigenvalue weighted by Gasteiger charge is 2.09. The number of hydrogen-bond donors (Lipinski definition) is 2. The highest BCUT2D eigenvalue weighted by Crippen LogP contribution is 2.19. The molecule has 0 fully saturated rings. The summed E-state index contributed by atoms with van der Waals surface area (Å²) >= 11 is 3.34. The molecule has 0 bridgehead atoms. The first kappa shape index (κ1) is 13.0. The summed E-state index contributed by atoms with van der Waals surface area (Å²) in [5.41, 5.74) is 6.82. The third-order valence-corrected chi connectivity index (χ3v) is 2.93. The molecule has 0 aromatic heterocycles. The molecule has 16 heavy (non-hydrogen) atoms. The predicted octanol–water partition coefficient (Wildman–Crippen LogP) is 2.81. The number of hydrogen-bond acceptors (Lipinski definition) is 2. The molecule has 3 nitrogen and oxygen atoms in total. The van der Waals surface area contributed by atoms with Crippen LogP contribution in [0.1, 0.15) is 30.6 Å². The molecule has 1 rings (SSSR count). The average Bonchev–Trinajstić information content (AvgIpc) is 2.21. The van der Waals surface area contributed by atoms with E-state index in [1.54, 1.807) is 18.2 Å². The molecule has 4 heteroatoms. The number of carbonyl (C=O) groups excluding carboxylic acids is 1. The molecule has 0 heterocycles. The molecular weight excluding hydrogens is 268 g/mol. The van der Waals surface area contributed by atoms with E-state index < -0.39 is 0 Å². The Hall–Kier alpha value is -1.03. The molecule has 1 amide bonds. The van der Waals surface area contributed by atoms with Crippen molar-refractivity contribution in [2.24, 2.45) is 5.92 Å². The number of carbonyl (C=O) groups is 1. The van der Waals surface area contributed by atoms with E-state index in [4.69, 9.17) is 5.73 Å². The Morgan fingerprint density at radius 1 is 1.50 bits per heavy atom. The molecule has 88 valence electrons. The van der Waals surface area contributed by atoms with Crippen LogP contribution in [0.3, 0.4) is 0 Å². The molecular formula is C12H17BrN2O. The van der Waals surface area contributed by atoms with Crippen LogP contribution in [-0.2, 0) is 0 Å². The molecule has 0 saturated carbocycles. The van der Waals surface area contributed by atoms with E-state index in [-0.39, 0.29) is 5.91 Å². The van der Waals surface area contributed by atoms with Gasteiger partial charge in [-0.2, -0.15) is 0 Å². The highest BCUT2D eigenvalue weighted by atomic mass is 79.9. The summed E-state index contributed by atoms with van der Waals surface area (Å²) in [6, 6.07) is 5.22. The number of nitrogens with one attached hydrogen (secondary N) is 1. The smallest absolute Gasteiger partial charge is 0.252 e. The first-order chi connectivity index (χ1) is 7.50. The zero-order chi connectivity index (χ0) is 12.1. The van der Waals surface area contributed by atoms with Crippen LogP contribution in [0.25, 0.3) is 0 Å². The first-order valence-electron chi connectivity index (χ1n) is 5.34. The van der Waals surface area contributed by atoms with E-state index in [2.05, 4.69) is 35.1 Å². The van der Waals surface area contributed by atoms with Gasteiger partial charge < -0.3 is 11.1 Å². The van der Waals surface area contributed by atoms with Gasteiger partial charge in [-0.05, 0) is 46.5 Å². The summed E-state index contributed by atoms with van der Waals surface area (Å²) in [5, 5.41) is 2.87. The molecule has 1 aromatic carbocycles. The van der Waals surface area contributed by atoms with Crippen LogP contribution in [-0.4, -0.2) is 12.5 Å². The van der Waals surface area contributed by atoms with Gasteiger partial charge in [-0.15, -0.1) is 0 Å². The number of benzene rings is 1. The summed E-state index contributed by atoms with van der Waals surface area (Å²) in [6.45, 7) is 4.95. The maximum Gasteiger partial charge on any atom is 0.252 e. The zero-order valence-electron chi connectivity index (χ0n) is 9.59. The Morgan fingerprint density at radius 3 is 2.81 bits per heavy atom. The number of halogens is 1. The maximum absolute atomic E-state index is 11.8. The van der Waals surface area contributed by atoms with Crippen molar-refractivity contribution in [3.8, 4) is 0 Å². The lowest BCUT2D eigenvalue weighted by Crippen LogP contribution is -2.25. The lowest BCUT2D eigenvalue weighted by Gasteiger charge is -2.09. The predicted molar refractivity (Wildman–Crippen MR) is 70.3 cm³/mol. The van der Waals surface area contributed by atoms with Crippen molar-refractivity contribution in [1.82, 2.24) is 5.32 Å². The number of nitrogen functional groups attached to an aromatic ring is 1. The van der Waals surface area contributed by atoms with E-state index in [0.29, 0.717) is 23.7 Å². The van der Waals surface area contributed by atoms with Gasteiger partial charge in [0.1, 0.15) is 0 Å². The minimum Gasteiger partial charge on any atom is -0.399 e. The fourth-order valence-electron chi connectivity index (χ4n) is 1.29. The van der Waals surface area contributed by atoms with Crippen molar-refractivity contribution in [3.63, 3.8) is 0 Å². The normalized spacial score (nSPS) is 10.5. The van der Waals surface area contributed by atoms with Crippen molar-refractivity contribution in [1.29, 1.82) is 0 Å². The van der Waals surface area contributed by atoms with E-state index in [9.17, 15) is 4.79 Å². The fourth-order valence-corrected chi connectivity index (χ4v) is 1.71. The van der Waals surface area contributed by atoms with Crippen molar-refractivity contribution < 1.29 is 4.79 Å². The van der Waals surface area contributed by atoms with Gasteiger partial charge in [0.15, 0.2) is 0 Å². The van der Waals surface area contributed by atoms with Crippen LogP contribution in [0, 0.1) is 5.92 Å². The van der Waals surface area contributed by atoms with Gasteiger partial charge in [0.25, 0.3) is 5.91 Å². The van der Waals surface area contributed by atoms with Gasteiger partial charge in [0, 0.05) is 16.7 Å². The van der Waals surface area contributed by atoms with Gasteiger partial charge in [-0.25, -0.2) is 0 Å². The Balaban J connectivity index is 2.62. The SMILES string of the molecule is CC(C)CCNC(=O)c1cc(N)ccc1Br. The van der Waals surface area contributed by atoms with Crippen LogP contribution >= 0.6 is 15.9 Å². The summed E-state index contributed by atoms with van der Waals surface area (Å²) in [7, 11) is 0. The quantitative estimate of drug-likeness (QED) is 0.836. The highest BCUT2D eigenvalue weighted by molar-refractivity contribution is 9.10. The lowest BCUT2D eigenvalue weighted by atomic mass is 10.1. The molecule has 0 atom stereocenters. The van der Waals surface area contributed by atoms with Crippen LogP contribution in [0.15, 0.2) is 22.7 Å². The second-order valence-corrected chi connectivity index (χ2v) is 5.03. The third kappa shape index (κ3) is 3.85. The van der Waals surface area contributed by atoms with E-state index >= 15 is 0 Å². The van der Waals surface area contributed by atoms with Crippen LogP contribution in [0.4, 0.5) is 5.69 Å². The van der Waals surface area contributed by atoms with Crippen LogP contribution in [0.5, 0.6) is 0 Å². The van der Waals surface area contributed by atoms with Gasteiger partial charge >= 0.3 is 0 Å². The largest absolute Gasteiger partial charge is 0.399 e. The minimum atomic E-state index is -0.0835. The van der Waals surface area contributed by atoms with Gasteiger partial charge in [0.2, 0.25) is 0 Å². The summed E-state index contributed by atoms with van der Waals surface area (Å²) in [6.07, 6.45) is 0.978. The van der Waals surface area contributed by atoms with Gasteiger partial charge in [-0.3, -0.25) is 4.79 Å². The Kier molecular flexibility index (Phi) is 4.80. The lowest BCUT2D eigenvalue weighted by molar-refractivity contribution is 0.0951. The number of amides is 1. The second-order valence-electron chi connectivity index (χ2n) is 4.18. The Labute approximate surface area is 105 Å². The fraction of sp³-hybridized carbons (Fsp3) is 0.417. The van der Waals surface area contributed by atoms with Crippen molar-refractivity contribution in [2.45, 2.75) is 20.3 Å². The third-order valence-electron chi connectivity index (χ3n) is 2.24. The molecule has 0 spiro atoms.